The summed E-state index contributed by atoms with van der Waals surface area (Å²) in [6.45, 7) is 4.12. The molecule has 2 saturated heterocycles. The number of benzene rings is 1. The number of carbonyl (C=O) groups is 1. The molecule has 0 spiro atoms. The first-order chi connectivity index (χ1) is 9.83. The molecule has 1 unspecified atom stereocenters. The van der Waals surface area contributed by atoms with Crippen molar-refractivity contribution < 1.29 is 4.79 Å². The first-order valence-corrected chi connectivity index (χ1v) is 7.90. The van der Waals surface area contributed by atoms with Crippen LogP contribution in [0, 0.1) is 11.8 Å². The van der Waals surface area contributed by atoms with Crippen LogP contribution < -0.4 is 5.32 Å². The fraction of sp³-hybridized carbons (Fsp3) is 0.588. The molecule has 1 N–H and O–H groups in total. The molecular weight excluding hydrogens is 284 g/mol. The van der Waals surface area contributed by atoms with Crippen molar-refractivity contribution in [1.82, 2.24) is 10.2 Å². The molecule has 4 rings (SSSR count). The van der Waals surface area contributed by atoms with Crippen molar-refractivity contribution in [2.75, 3.05) is 26.2 Å². The van der Waals surface area contributed by atoms with E-state index in [1.807, 2.05) is 0 Å². The Morgan fingerprint density at radius 1 is 1.14 bits per heavy atom. The average molecular weight is 307 g/mol. The van der Waals surface area contributed by atoms with E-state index in [9.17, 15) is 4.79 Å². The number of likely N-dealkylation sites (tertiary alicyclic amines) is 1. The third-order valence-electron chi connectivity index (χ3n) is 5.37. The van der Waals surface area contributed by atoms with Crippen LogP contribution in [0.25, 0.3) is 0 Å². The molecule has 1 aromatic carbocycles. The number of fused-ring (bicyclic) bond motifs is 2. The van der Waals surface area contributed by atoms with Crippen molar-refractivity contribution in [3.8, 4) is 0 Å². The van der Waals surface area contributed by atoms with E-state index in [1.165, 1.54) is 11.1 Å². The molecule has 3 aliphatic rings. The summed E-state index contributed by atoms with van der Waals surface area (Å²) < 4.78 is 0. The first-order valence-electron chi connectivity index (χ1n) is 7.90. The van der Waals surface area contributed by atoms with Gasteiger partial charge in [-0.2, -0.15) is 0 Å². The fourth-order valence-electron chi connectivity index (χ4n) is 4.27. The molecule has 2 aliphatic heterocycles. The monoisotopic (exact) mass is 306 g/mol. The molecule has 4 heteroatoms. The van der Waals surface area contributed by atoms with E-state index in [-0.39, 0.29) is 18.3 Å². The minimum absolute atomic E-state index is 0. The minimum Gasteiger partial charge on any atom is -0.341 e. The third-order valence-corrected chi connectivity index (χ3v) is 5.37. The summed E-state index contributed by atoms with van der Waals surface area (Å²) in [4.78, 5) is 15.0. The van der Waals surface area contributed by atoms with Gasteiger partial charge >= 0.3 is 0 Å². The number of hydrogen-bond donors (Lipinski definition) is 1. The molecule has 21 heavy (non-hydrogen) atoms. The highest BCUT2D eigenvalue weighted by Gasteiger charge is 2.40. The van der Waals surface area contributed by atoms with Crippen molar-refractivity contribution in [2.45, 2.75) is 25.2 Å². The lowest BCUT2D eigenvalue weighted by atomic mass is 9.82. The van der Waals surface area contributed by atoms with Crippen LogP contribution in [0.15, 0.2) is 24.3 Å². The normalized spacial score (nSPS) is 30.5. The van der Waals surface area contributed by atoms with Crippen LogP contribution >= 0.6 is 12.4 Å². The third kappa shape index (κ3) is 2.58. The maximum Gasteiger partial charge on any atom is 0.230 e. The molecule has 114 valence electrons. The van der Waals surface area contributed by atoms with E-state index in [1.54, 1.807) is 0 Å². The van der Waals surface area contributed by atoms with Gasteiger partial charge in [-0.3, -0.25) is 4.79 Å². The van der Waals surface area contributed by atoms with E-state index >= 15 is 0 Å². The van der Waals surface area contributed by atoms with Crippen molar-refractivity contribution in [1.29, 1.82) is 0 Å². The maximum atomic E-state index is 12.9. The zero-order valence-corrected chi connectivity index (χ0v) is 13.1. The second kappa shape index (κ2) is 5.98. The highest BCUT2D eigenvalue weighted by molar-refractivity contribution is 5.85. The van der Waals surface area contributed by atoms with Crippen molar-refractivity contribution in [3.05, 3.63) is 35.4 Å². The Kier molecular flexibility index (Phi) is 4.23. The number of hydrogen-bond acceptors (Lipinski definition) is 2. The van der Waals surface area contributed by atoms with Gasteiger partial charge < -0.3 is 10.2 Å². The van der Waals surface area contributed by atoms with Gasteiger partial charge in [0.15, 0.2) is 0 Å². The molecule has 1 aliphatic carbocycles. The van der Waals surface area contributed by atoms with Crippen LogP contribution in [0.4, 0.5) is 0 Å². The molecular formula is C17H23ClN2O. The van der Waals surface area contributed by atoms with E-state index in [2.05, 4.69) is 34.5 Å². The van der Waals surface area contributed by atoms with Gasteiger partial charge in [-0.15, -0.1) is 12.4 Å². The van der Waals surface area contributed by atoms with E-state index in [0.29, 0.717) is 17.7 Å². The molecule has 3 atom stereocenters. The molecule has 3 nitrogen and oxygen atoms in total. The summed E-state index contributed by atoms with van der Waals surface area (Å²) >= 11 is 0. The van der Waals surface area contributed by atoms with Gasteiger partial charge in [0.1, 0.15) is 0 Å². The van der Waals surface area contributed by atoms with Crippen molar-refractivity contribution in [3.63, 3.8) is 0 Å². The summed E-state index contributed by atoms with van der Waals surface area (Å²) in [6, 6.07) is 8.53. The molecule has 2 heterocycles. The number of nitrogens with zero attached hydrogens (tertiary/aromatic N) is 1. The highest BCUT2D eigenvalue weighted by Crippen LogP contribution is 2.35. The predicted molar refractivity (Wildman–Crippen MR) is 85.8 cm³/mol. The number of carbonyl (C=O) groups excluding carboxylic acids is 1. The lowest BCUT2D eigenvalue weighted by Gasteiger charge is -2.29. The predicted octanol–water partition coefficient (Wildman–Crippen LogP) is 2.21. The quantitative estimate of drug-likeness (QED) is 0.863. The SMILES string of the molecule is Cl.O=C(C1CCCc2ccccc21)N1C[C@H]2CNC[C@H]2C1. The summed E-state index contributed by atoms with van der Waals surface area (Å²) in [7, 11) is 0. The standard InChI is InChI=1S/C17H22N2O.ClH/c20-17(19-10-13-8-18-9-14(13)11-19)16-7-3-5-12-4-1-2-6-15(12)16;/h1-2,4,6,13-14,16,18H,3,5,7-11H2;1H/t13-,14+,16?;. The smallest absolute Gasteiger partial charge is 0.230 e. The summed E-state index contributed by atoms with van der Waals surface area (Å²) in [5.74, 6) is 1.88. The summed E-state index contributed by atoms with van der Waals surface area (Å²) in [5.41, 5.74) is 2.68. The largest absolute Gasteiger partial charge is 0.341 e. The Hall–Kier alpha value is -1.06. The van der Waals surface area contributed by atoms with Crippen LogP contribution in [-0.4, -0.2) is 37.0 Å². The van der Waals surface area contributed by atoms with Gasteiger partial charge in [0.25, 0.3) is 0 Å². The molecule has 1 amide bonds. The lowest BCUT2D eigenvalue weighted by molar-refractivity contribution is -0.132. The maximum absolute atomic E-state index is 12.9. The highest BCUT2D eigenvalue weighted by atomic mass is 35.5. The Bertz CT molecular complexity index is 521. The van der Waals surface area contributed by atoms with Gasteiger partial charge in [-0.05, 0) is 42.2 Å². The van der Waals surface area contributed by atoms with Crippen molar-refractivity contribution >= 4 is 18.3 Å². The molecule has 1 aromatic rings. The number of amides is 1. The van der Waals surface area contributed by atoms with Gasteiger partial charge in [-0.1, -0.05) is 24.3 Å². The van der Waals surface area contributed by atoms with E-state index in [0.717, 1.165) is 45.4 Å². The molecule has 0 saturated carbocycles. The Morgan fingerprint density at radius 2 is 1.86 bits per heavy atom. The van der Waals surface area contributed by atoms with Crippen LogP contribution in [0.3, 0.4) is 0 Å². The van der Waals surface area contributed by atoms with Crippen molar-refractivity contribution in [2.24, 2.45) is 11.8 Å². The number of aryl methyl sites for hydroxylation is 1. The van der Waals surface area contributed by atoms with E-state index in [4.69, 9.17) is 0 Å². The topological polar surface area (TPSA) is 32.3 Å². The molecule has 0 bridgehead atoms. The van der Waals surface area contributed by atoms with Crippen LogP contribution in [0.5, 0.6) is 0 Å². The van der Waals surface area contributed by atoms with Gasteiger partial charge in [-0.25, -0.2) is 0 Å². The summed E-state index contributed by atoms with van der Waals surface area (Å²) in [5, 5.41) is 3.44. The molecule has 0 radical (unpaired) electrons. The first kappa shape index (κ1) is 14.9. The van der Waals surface area contributed by atoms with Crippen LogP contribution in [0.1, 0.15) is 29.9 Å². The van der Waals surface area contributed by atoms with Gasteiger partial charge in [0, 0.05) is 26.2 Å². The van der Waals surface area contributed by atoms with Crippen LogP contribution in [-0.2, 0) is 11.2 Å². The second-order valence-electron chi connectivity index (χ2n) is 6.57. The van der Waals surface area contributed by atoms with E-state index < -0.39 is 0 Å². The van der Waals surface area contributed by atoms with Crippen LogP contribution in [0.2, 0.25) is 0 Å². The molecule has 2 fully saturated rings. The number of nitrogens with one attached hydrogen (secondary N) is 1. The zero-order chi connectivity index (χ0) is 13.5. The number of halogens is 1. The lowest BCUT2D eigenvalue weighted by Crippen LogP contribution is -2.36. The Morgan fingerprint density at radius 3 is 2.62 bits per heavy atom. The fourth-order valence-corrected chi connectivity index (χ4v) is 4.27. The zero-order valence-electron chi connectivity index (χ0n) is 12.3. The Balaban J connectivity index is 0.00000132. The van der Waals surface area contributed by atoms with Gasteiger partial charge in [0.2, 0.25) is 5.91 Å². The summed E-state index contributed by atoms with van der Waals surface area (Å²) in [6.07, 6.45) is 3.31. The Labute approximate surface area is 132 Å². The number of rotatable bonds is 1. The molecule has 0 aromatic heterocycles. The van der Waals surface area contributed by atoms with Gasteiger partial charge in [0.05, 0.1) is 5.92 Å². The second-order valence-corrected chi connectivity index (χ2v) is 6.57. The minimum atomic E-state index is 0. The average Bonchev–Trinajstić information content (AvgIpc) is 3.07.